The molecule has 2 atom stereocenters. The molecule has 0 heterocycles. The second kappa shape index (κ2) is 5.21. The number of benzene rings is 1. The van der Waals surface area contributed by atoms with E-state index < -0.39 is 0 Å². The molecular formula is C12H12BrClN2O. The van der Waals surface area contributed by atoms with Crippen LogP contribution in [0.25, 0.3) is 0 Å². The van der Waals surface area contributed by atoms with Crippen molar-refractivity contribution in [2.75, 3.05) is 5.32 Å². The van der Waals surface area contributed by atoms with Crippen LogP contribution in [0.1, 0.15) is 6.42 Å². The summed E-state index contributed by atoms with van der Waals surface area (Å²) in [6.45, 7) is 0. The number of hydrogen-bond acceptors (Lipinski definition) is 2. The number of nitrogens with one attached hydrogen (secondary N) is 1. The Balaban J connectivity index is 2.09. The lowest BCUT2D eigenvalue weighted by atomic mass is 10.1. The smallest absolute Gasteiger partial charge is 0.231 e. The number of anilines is 1. The number of amides is 1. The first-order valence-electron chi connectivity index (χ1n) is 5.26. The summed E-state index contributed by atoms with van der Waals surface area (Å²) in [7, 11) is 0. The Morgan fingerprint density at radius 1 is 1.47 bits per heavy atom. The summed E-state index contributed by atoms with van der Waals surface area (Å²) < 4.78 is 0.696. The average Bonchev–Trinajstić information content (AvgIpc) is 2.72. The third-order valence-electron chi connectivity index (χ3n) is 2.66. The Morgan fingerprint density at radius 3 is 2.88 bits per heavy atom. The molecule has 2 rings (SSSR count). The number of hydrogen-bond donors (Lipinski definition) is 2. The minimum atomic E-state index is -0.157. The predicted molar refractivity (Wildman–Crippen MR) is 73.0 cm³/mol. The highest BCUT2D eigenvalue weighted by Crippen LogP contribution is 2.30. The monoisotopic (exact) mass is 314 g/mol. The lowest BCUT2D eigenvalue weighted by molar-refractivity contribution is -0.118. The van der Waals surface area contributed by atoms with Gasteiger partial charge in [-0.3, -0.25) is 4.79 Å². The molecule has 0 aromatic heterocycles. The zero-order valence-electron chi connectivity index (χ0n) is 8.99. The van der Waals surface area contributed by atoms with Crippen molar-refractivity contribution in [1.82, 2.24) is 0 Å². The van der Waals surface area contributed by atoms with Gasteiger partial charge in [0.2, 0.25) is 5.91 Å². The van der Waals surface area contributed by atoms with Gasteiger partial charge in [-0.2, -0.15) is 0 Å². The fraction of sp³-hybridized carbons (Fsp3) is 0.250. The van der Waals surface area contributed by atoms with Crippen LogP contribution in [0.4, 0.5) is 5.69 Å². The van der Waals surface area contributed by atoms with Crippen LogP contribution in [0.3, 0.4) is 0 Å². The van der Waals surface area contributed by atoms with E-state index in [2.05, 4.69) is 21.2 Å². The van der Waals surface area contributed by atoms with Gasteiger partial charge in [-0.15, -0.1) is 0 Å². The number of halogens is 2. The van der Waals surface area contributed by atoms with Gasteiger partial charge in [0, 0.05) is 6.04 Å². The molecule has 0 saturated carbocycles. The van der Waals surface area contributed by atoms with Crippen LogP contribution in [-0.4, -0.2) is 11.9 Å². The molecule has 1 aliphatic carbocycles. The molecular weight excluding hydrogens is 304 g/mol. The fourth-order valence-electron chi connectivity index (χ4n) is 1.75. The van der Waals surface area contributed by atoms with Gasteiger partial charge in [-0.05, 0) is 34.5 Å². The molecule has 1 aliphatic rings. The van der Waals surface area contributed by atoms with Crippen molar-refractivity contribution in [2.24, 2.45) is 11.7 Å². The molecule has 90 valence electrons. The van der Waals surface area contributed by atoms with Crippen LogP contribution in [0, 0.1) is 5.92 Å². The van der Waals surface area contributed by atoms with Crippen LogP contribution in [0.15, 0.2) is 34.8 Å². The van der Waals surface area contributed by atoms with E-state index in [1.165, 1.54) is 0 Å². The second-order valence-corrected chi connectivity index (χ2v) is 5.18. The van der Waals surface area contributed by atoms with Gasteiger partial charge in [-0.1, -0.05) is 29.8 Å². The van der Waals surface area contributed by atoms with Crippen LogP contribution in [-0.2, 0) is 4.79 Å². The fourth-order valence-corrected chi connectivity index (χ4v) is 2.29. The Labute approximate surface area is 113 Å². The third kappa shape index (κ3) is 2.89. The highest BCUT2D eigenvalue weighted by atomic mass is 79.9. The summed E-state index contributed by atoms with van der Waals surface area (Å²) in [5.41, 5.74) is 6.39. The molecule has 2 unspecified atom stereocenters. The summed E-state index contributed by atoms with van der Waals surface area (Å²) >= 11 is 9.29. The standard InChI is InChI=1S/C12H12BrClN2O/c13-11-9(14)2-1-3-10(11)16-12(17)7-4-5-8(15)6-7/h1-5,7-8H,6,15H2,(H,16,17). The molecule has 17 heavy (non-hydrogen) atoms. The van der Waals surface area contributed by atoms with Crippen molar-refractivity contribution in [3.63, 3.8) is 0 Å². The Morgan fingerprint density at radius 2 is 2.24 bits per heavy atom. The predicted octanol–water partition coefficient (Wildman–Crippen LogP) is 2.94. The van der Waals surface area contributed by atoms with E-state index in [0.717, 1.165) is 0 Å². The van der Waals surface area contributed by atoms with Crippen molar-refractivity contribution < 1.29 is 4.79 Å². The normalized spacial score (nSPS) is 22.8. The van der Waals surface area contributed by atoms with E-state index >= 15 is 0 Å². The summed E-state index contributed by atoms with van der Waals surface area (Å²) in [5.74, 6) is -0.215. The van der Waals surface area contributed by atoms with Crippen LogP contribution < -0.4 is 11.1 Å². The molecule has 0 fully saturated rings. The van der Waals surface area contributed by atoms with Crippen LogP contribution >= 0.6 is 27.5 Å². The summed E-state index contributed by atoms with van der Waals surface area (Å²) in [5, 5.41) is 3.41. The van der Waals surface area contributed by atoms with Gasteiger partial charge in [0.15, 0.2) is 0 Å². The van der Waals surface area contributed by atoms with Crippen molar-refractivity contribution in [2.45, 2.75) is 12.5 Å². The Kier molecular flexibility index (Phi) is 3.86. The number of carbonyl (C=O) groups is 1. The van der Waals surface area contributed by atoms with Crippen molar-refractivity contribution in [1.29, 1.82) is 0 Å². The molecule has 3 nitrogen and oxygen atoms in total. The summed E-state index contributed by atoms with van der Waals surface area (Å²) in [4.78, 5) is 11.9. The van der Waals surface area contributed by atoms with Crippen molar-refractivity contribution >= 4 is 39.1 Å². The van der Waals surface area contributed by atoms with Gasteiger partial charge in [0.05, 0.1) is 21.1 Å². The topological polar surface area (TPSA) is 55.1 Å². The molecule has 0 bridgehead atoms. The van der Waals surface area contributed by atoms with E-state index in [1.54, 1.807) is 18.2 Å². The maximum atomic E-state index is 11.9. The largest absolute Gasteiger partial charge is 0.325 e. The molecule has 3 N–H and O–H groups in total. The minimum Gasteiger partial charge on any atom is -0.325 e. The molecule has 0 radical (unpaired) electrons. The van der Waals surface area contributed by atoms with Crippen LogP contribution in [0.5, 0.6) is 0 Å². The van der Waals surface area contributed by atoms with E-state index in [-0.39, 0.29) is 17.9 Å². The number of nitrogens with two attached hydrogens (primary N) is 1. The molecule has 1 amide bonds. The molecule has 5 heteroatoms. The average molecular weight is 316 g/mol. The first-order chi connectivity index (χ1) is 8.08. The zero-order valence-corrected chi connectivity index (χ0v) is 11.3. The first-order valence-corrected chi connectivity index (χ1v) is 6.44. The summed E-state index contributed by atoms with van der Waals surface area (Å²) in [6.07, 6.45) is 4.36. The van der Waals surface area contributed by atoms with E-state index in [4.69, 9.17) is 17.3 Å². The lowest BCUT2D eigenvalue weighted by Gasteiger charge is -2.12. The molecule has 1 aromatic carbocycles. The molecule has 0 saturated heterocycles. The molecule has 0 aliphatic heterocycles. The van der Waals surface area contributed by atoms with Crippen LogP contribution in [0.2, 0.25) is 5.02 Å². The van der Waals surface area contributed by atoms with Gasteiger partial charge in [0.1, 0.15) is 0 Å². The SMILES string of the molecule is NC1C=CC(C(=O)Nc2cccc(Cl)c2Br)C1. The lowest BCUT2D eigenvalue weighted by Crippen LogP contribution is -2.24. The minimum absolute atomic E-state index is 0.0199. The molecule has 0 spiro atoms. The highest BCUT2D eigenvalue weighted by Gasteiger charge is 2.23. The van der Waals surface area contributed by atoms with Gasteiger partial charge in [-0.25, -0.2) is 0 Å². The number of carbonyl (C=O) groups excluding carboxylic acids is 1. The van der Waals surface area contributed by atoms with Crippen molar-refractivity contribution in [3.05, 3.63) is 39.8 Å². The Bertz CT molecular complexity index is 476. The van der Waals surface area contributed by atoms with Gasteiger partial charge in [0.25, 0.3) is 0 Å². The van der Waals surface area contributed by atoms with Crippen molar-refractivity contribution in [3.8, 4) is 0 Å². The summed E-state index contributed by atoms with van der Waals surface area (Å²) in [6, 6.07) is 5.33. The van der Waals surface area contributed by atoms with Gasteiger partial charge >= 0.3 is 0 Å². The van der Waals surface area contributed by atoms with E-state index in [0.29, 0.717) is 21.6 Å². The van der Waals surface area contributed by atoms with E-state index in [1.807, 2.05) is 12.2 Å². The maximum Gasteiger partial charge on any atom is 0.231 e. The highest BCUT2D eigenvalue weighted by molar-refractivity contribution is 9.10. The first kappa shape index (κ1) is 12.6. The molecule has 1 aromatic rings. The Hall–Kier alpha value is -0.840. The zero-order chi connectivity index (χ0) is 12.4. The third-order valence-corrected chi connectivity index (χ3v) is 4.06. The van der Waals surface area contributed by atoms with Gasteiger partial charge < -0.3 is 11.1 Å². The van der Waals surface area contributed by atoms with E-state index in [9.17, 15) is 4.79 Å². The number of rotatable bonds is 2. The maximum absolute atomic E-state index is 11.9. The second-order valence-electron chi connectivity index (χ2n) is 3.98. The quantitative estimate of drug-likeness (QED) is 0.824.